The molecule has 2 aromatic heterocycles. The van der Waals surface area contributed by atoms with E-state index in [4.69, 9.17) is 10.5 Å². The van der Waals surface area contributed by atoms with E-state index in [1.54, 1.807) is 18.2 Å². The Kier molecular flexibility index (Phi) is 8.80. The number of hydrogen-bond donors (Lipinski definition) is 4. The van der Waals surface area contributed by atoms with Crippen LogP contribution in [-0.4, -0.2) is 48.6 Å². The zero-order chi connectivity index (χ0) is 26.3. The third-order valence-corrected chi connectivity index (χ3v) is 6.77. The molecule has 12 heteroatoms. The smallest absolute Gasteiger partial charge is 0.323 e. The molecule has 0 bridgehead atoms. The van der Waals surface area contributed by atoms with Crippen LogP contribution >= 0.6 is 0 Å². The predicted molar refractivity (Wildman–Crippen MR) is 132 cm³/mol. The molecular weight excluding hydrogens is 488 g/mol. The van der Waals surface area contributed by atoms with Crippen LogP contribution in [0, 0.1) is 0 Å². The Balaban J connectivity index is 1.74. The molecule has 3 aromatic rings. The number of nitrogens with two attached hydrogens (primary N) is 1. The van der Waals surface area contributed by atoms with Gasteiger partial charge in [0.2, 0.25) is 10.0 Å². The molecule has 0 unspecified atom stereocenters. The Hall–Kier alpha value is -3.74. The number of nitrogens with zero attached hydrogens (tertiary/aromatic N) is 1. The summed E-state index contributed by atoms with van der Waals surface area (Å²) in [4.78, 5) is 36.7. The summed E-state index contributed by atoms with van der Waals surface area (Å²) < 4.78 is 34.0. The lowest BCUT2D eigenvalue weighted by atomic mass is 10.2. The van der Waals surface area contributed by atoms with Gasteiger partial charge >= 0.3 is 5.97 Å². The largest absolute Gasteiger partial charge is 0.480 e. The first-order chi connectivity index (χ1) is 17.1. The number of carbonyl (C=O) groups excluding carboxylic acids is 1. The minimum absolute atomic E-state index is 0.0255. The fourth-order valence-corrected chi connectivity index (χ4v) is 4.60. The van der Waals surface area contributed by atoms with E-state index < -0.39 is 46.3 Å². The number of carbonyl (C=O) groups is 2. The van der Waals surface area contributed by atoms with E-state index >= 15 is 0 Å². The Morgan fingerprint density at radius 3 is 2.53 bits per heavy atom. The van der Waals surface area contributed by atoms with E-state index in [1.807, 2.05) is 6.92 Å². The van der Waals surface area contributed by atoms with Crippen molar-refractivity contribution in [2.45, 2.75) is 43.4 Å². The number of nitrogens with one attached hydrogen (secondary N) is 2. The molecule has 36 heavy (non-hydrogen) atoms. The molecule has 0 radical (unpaired) electrons. The summed E-state index contributed by atoms with van der Waals surface area (Å²) in [7, 11) is -4.13. The minimum Gasteiger partial charge on any atom is -0.480 e. The highest BCUT2D eigenvalue weighted by atomic mass is 32.2. The summed E-state index contributed by atoms with van der Waals surface area (Å²) in [6.45, 7) is 1.49. The van der Waals surface area contributed by atoms with Crippen molar-refractivity contribution >= 4 is 27.4 Å². The Morgan fingerprint density at radius 2 is 1.86 bits per heavy atom. The number of rotatable bonds is 12. The Labute approximate surface area is 207 Å². The molecule has 3 rings (SSSR count). The number of amides is 1. The molecule has 1 amide bonds. The molecule has 2 atom stereocenters. The van der Waals surface area contributed by atoms with E-state index in [0.29, 0.717) is 17.7 Å². The monoisotopic (exact) mass is 516 g/mol. The third kappa shape index (κ3) is 6.90. The molecule has 0 aliphatic rings. The second kappa shape index (κ2) is 11.8. The van der Waals surface area contributed by atoms with E-state index in [2.05, 4.69) is 10.0 Å². The van der Waals surface area contributed by atoms with Crippen LogP contribution < -0.4 is 26.1 Å². The van der Waals surface area contributed by atoms with Crippen LogP contribution in [0.15, 0.2) is 70.5 Å². The van der Waals surface area contributed by atoms with Gasteiger partial charge in [-0.25, -0.2) is 8.42 Å². The van der Waals surface area contributed by atoms with Gasteiger partial charge in [0, 0.05) is 30.4 Å². The van der Waals surface area contributed by atoms with E-state index in [1.165, 1.54) is 40.9 Å². The van der Waals surface area contributed by atoms with Gasteiger partial charge in [-0.05, 0) is 37.1 Å². The number of aromatic nitrogens is 1. The Morgan fingerprint density at radius 1 is 1.14 bits per heavy atom. The number of unbranched alkanes of at least 4 members (excludes halogenated alkanes) is 1. The highest BCUT2D eigenvalue weighted by molar-refractivity contribution is 7.89. The SMILES string of the molecule is CCCC[C@@H](N)Oc1ccn2c(=O)cc(C(=O)NC[C@H](NS(=O)(=O)c3ccccc3)C(=O)O)cc2c1. The van der Waals surface area contributed by atoms with E-state index in [-0.39, 0.29) is 10.5 Å². The molecule has 0 saturated heterocycles. The van der Waals surface area contributed by atoms with E-state index in [9.17, 15) is 27.9 Å². The van der Waals surface area contributed by atoms with Gasteiger partial charge in [0.15, 0.2) is 0 Å². The van der Waals surface area contributed by atoms with Gasteiger partial charge in [-0.2, -0.15) is 4.72 Å². The first-order valence-electron chi connectivity index (χ1n) is 11.3. The zero-order valence-corrected chi connectivity index (χ0v) is 20.4. The minimum atomic E-state index is -4.13. The van der Waals surface area contributed by atoms with Crippen molar-refractivity contribution in [3.8, 4) is 5.75 Å². The number of aliphatic carboxylic acids is 1. The summed E-state index contributed by atoms with van der Waals surface area (Å²) in [5, 5.41) is 11.8. The highest BCUT2D eigenvalue weighted by Crippen LogP contribution is 2.16. The highest BCUT2D eigenvalue weighted by Gasteiger charge is 2.26. The van der Waals surface area contributed by atoms with Crippen molar-refractivity contribution in [1.82, 2.24) is 14.4 Å². The molecule has 0 fully saturated rings. The van der Waals surface area contributed by atoms with Gasteiger partial charge < -0.3 is 15.2 Å². The molecule has 0 aliphatic heterocycles. The number of pyridine rings is 2. The topological polar surface area (TPSA) is 169 Å². The van der Waals surface area contributed by atoms with Crippen molar-refractivity contribution < 1.29 is 27.9 Å². The van der Waals surface area contributed by atoms with Crippen LogP contribution in [0.25, 0.3) is 5.52 Å². The zero-order valence-electron chi connectivity index (χ0n) is 19.6. The Bertz CT molecular complexity index is 1390. The second-order valence-electron chi connectivity index (χ2n) is 8.07. The average Bonchev–Trinajstić information content (AvgIpc) is 2.85. The first kappa shape index (κ1) is 26.9. The molecule has 5 N–H and O–H groups in total. The number of fused-ring (bicyclic) bond motifs is 1. The van der Waals surface area contributed by atoms with Crippen LogP contribution in [0.5, 0.6) is 5.75 Å². The maximum absolute atomic E-state index is 12.7. The van der Waals surface area contributed by atoms with Gasteiger partial charge in [-0.1, -0.05) is 31.5 Å². The summed E-state index contributed by atoms with van der Waals surface area (Å²) in [6, 6.07) is 11.3. The first-order valence-corrected chi connectivity index (χ1v) is 12.8. The van der Waals surface area contributed by atoms with Crippen LogP contribution in [-0.2, 0) is 14.8 Å². The lowest BCUT2D eigenvalue weighted by Crippen LogP contribution is -2.48. The number of carboxylic acid groups (broad SMARTS) is 1. The number of ether oxygens (including phenoxy) is 1. The average molecular weight is 517 g/mol. The van der Waals surface area contributed by atoms with Gasteiger partial charge in [0.1, 0.15) is 18.0 Å². The fraction of sp³-hybridized carbons (Fsp3) is 0.292. The molecule has 0 spiro atoms. The normalized spacial score (nSPS) is 13.2. The number of carboxylic acids is 1. The lowest BCUT2D eigenvalue weighted by molar-refractivity contribution is -0.138. The molecule has 1 aromatic carbocycles. The lowest BCUT2D eigenvalue weighted by Gasteiger charge is -2.16. The van der Waals surface area contributed by atoms with Crippen LogP contribution in [0.2, 0.25) is 0 Å². The predicted octanol–water partition coefficient (Wildman–Crippen LogP) is 1.31. The van der Waals surface area contributed by atoms with Crippen molar-refractivity contribution in [3.63, 3.8) is 0 Å². The second-order valence-corrected chi connectivity index (χ2v) is 9.79. The number of benzene rings is 1. The molecule has 2 heterocycles. The van der Waals surface area contributed by atoms with Crippen molar-refractivity contribution in [3.05, 3.63) is 76.7 Å². The molecule has 192 valence electrons. The molecule has 0 aliphatic carbocycles. The number of sulfonamides is 1. The van der Waals surface area contributed by atoms with Crippen LogP contribution in [0.4, 0.5) is 0 Å². The van der Waals surface area contributed by atoms with Crippen LogP contribution in [0.3, 0.4) is 0 Å². The summed E-state index contributed by atoms with van der Waals surface area (Å²) >= 11 is 0. The summed E-state index contributed by atoms with van der Waals surface area (Å²) in [6.07, 6.45) is 3.52. The van der Waals surface area contributed by atoms with Crippen molar-refractivity contribution in [2.24, 2.45) is 5.73 Å². The van der Waals surface area contributed by atoms with Gasteiger partial charge in [0.25, 0.3) is 11.5 Å². The third-order valence-electron chi connectivity index (χ3n) is 5.28. The quantitative estimate of drug-likeness (QED) is 0.261. The van der Waals surface area contributed by atoms with Crippen molar-refractivity contribution in [2.75, 3.05) is 6.54 Å². The maximum atomic E-state index is 12.7. The number of hydrogen-bond acceptors (Lipinski definition) is 7. The van der Waals surface area contributed by atoms with Crippen LogP contribution in [0.1, 0.15) is 36.5 Å². The standard InChI is InChI=1S/C24H28N4O7S/c1-2-3-9-21(25)35-18-10-11-28-17(14-18)12-16(13-22(28)29)23(30)26-15-20(24(31)32)27-36(33,34)19-7-5-4-6-8-19/h4-8,10-14,20-21,27H,2-3,9,15,25H2,1H3,(H,26,30)(H,31,32)/t20-,21-/m0/s1. The molecule has 11 nitrogen and oxygen atoms in total. The van der Waals surface area contributed by atoms with Gasteiger partial charge in [-0.15, -0.1) is 0 Å². The van der Waals surface area contributed by atoms with E-state index in [0.717, 1.165) is 18.9 Å². The molecular formula is C24H28N4O7S. The summed E-state index contributed by atoms with van der Waals surface area (Å²) in [5.41, 5.74) is 5.82. The van der Waals surface area contributed by atoms with Gasteiger partial charge in [0.05, 0.1) is 10.4 Å². The summed E-state index contributed by atoms with van der Waals surface area (Å²) in [5.74, 6) is -1.79. The van der Waals surface area contributed by atoms with Gasteiger partial charge in [-0.3, -0.25) is 24.5 Å². The molecule has 0 saturated carbocycles. The maximum Gasteiger partial charge on any atom is 0.323 e. The fourth-order valence-electron chi connectivity index (χ4n) is 3.39. The van der Waals surface area contributed by atoms with Crippen molar-refractivity contribution in [1.29, 1.82) is 0 Å².